The molecule has 0 amide bonds. The fourth-order valence-corrected chi connectivity index (χ4v) is 2.53. The predicted octanol–water partition coefficient (Wildman–Crippen LogP) is 4.48. The molecule has 0 unspecified atom stereocenters. The SMILES string of the molecule is CC[C@H](O)c1ccccc1OCc1cc(Br)ccc1OC. The maximum absolute atomic E-state index is 10.0. The van der Waals surface area contributed by atoms with E-state index in [0.29, 0.717) is 18.8 Å². The van der Waals surface area contributed by atoms with E-state index in [0.717, 1.165) is 21.3 Å². The number of benzene rings is 2. The summed E-state index contributed by atoms with van der Waals surface area (Å²) in [5, 5.41) is 10.0. The Kier molecular flexibility index (Phi) is 5.65. The summed E-state index contributed by atoms with van der Waals surface area (Å²) in [6.07, 6.45) is 0.145. The van der Waals surface area contributed by atoms with Gasteiger partial charge in [-0.25, -0.2) is 0 Å². The number of aliphatic hydroxyl groups is 1. The van der Waals surface area contributed by atoms with Crippen molar-refractivity contribution >= 4 is 15.9 Å². The smallest absolute Gasteiger partial charge is 0.125 e. The highest BCUT2D eigenvalue weighted by Gasteiger charge is 2.12. The van der Waals surface area contributed by atoms with Crippen molar-refractivity contribution in [2.24, 2.45) is 0 Å². The molecule has 0 aliphatic carbocycles. The van der Waals surface area contributed by atoms with E-state index in [1.54, 1.807) is 7.11 Å². The maximum atomic E-state index is 10.0. The molecule has 2 aromatic rings. The van der Waals surface area contributed by atoms with Crippen LogP contribution in [0, 0.1) is 0 Å². The first kappa shape index (κ1) is 15.9. The fraction of sp³-hybridized carbons (Fsp3) is 0.294. The number of hydrogen-bond donors (Lipinski definition) is 1. The Morgan fingerprint density at radius 1 is 1.14 bits per heavy atom. The third-order valence-corrected chi connectivity index (χ3v) is 3.78. The molecule has 0 bridgehead atoms. The molecule has 1 atom stereocenters. The van der Waals surface area contributed by atoms with E-state index in [1.807, 2.05) is 49.4 Å². The number of rotatable bonds is 6. The molecule has 0 saturated heterocycles. The summed E-state index contributed by atoms with van der Waals surface area (Å²) in [6, 6.07) is 13.4. The Hall–Kier alpha value is -1.52. The van der Waals surface area contributed by atoms with Crippen LogP contribution in [0.5, 0.6) is 11.5 Å². The molecule has 0 fully saturated rings. The Bertz CT molecular complexity index is 598. The molecule has 4 heteroatoms. The van der Waals surface area contributed by atoms with Crippen molar-refractivity contribution in [3.63, 3.8) is 0 Å². The Morgan fingerprint density at radius 3 is 2.62 bits per heavy atom. The van der Waals surface area contributed by atoms with Gasteiger partial charge in [0.1, 0.15) is 18.1 Å². The molecular formula is C17H19BrO3. The van der Waals surface area contributed by atoms with Crippen LogP contribution in [0.4, 0.5) is 0 Å². The van der Waals surface area contributed by atoms with Crippen molar-refractivity contribution in [2.45, 2.75) is 26.1 Å². The molecule has 0 aromatic heterocycles. The second-order valence-corrected chi connectivity index (χ2v) is 5.62. The van der Waals surface area contributed by atoms with Crippen LogP contribution < -0.4 is 9.47 Å². The molecule has 0 aliphatic rings. The summed E-state index contributed by atoms with van der Waals surface area (Å²) in [7, 11) is 1.64. The summed E-state index contributed by atoms with van der Waals surface area (Å²) in [5.41, 5.74) is 1.77. The van der Waals surface area contributed by atoms with Gasteiger partial charge in [0.05, 0.1) is 13.2 Å². The van der Waals surface area contributed by atoms with Crippen LogP contribution in [0.25, 0.3) is 0 Å². The average molecular weight is 351 g/mol. The number of aliphatic hydroxyl groups excluding tert-OH is 1. The molecular weight excluding hydrogens is 332 g/mol. The van der Waals surface area contributed by atoms with Gasteiger partial charge in [-0.15, -0.1) is 0 Å². The van der Waals surface area contributed by atoms with Crippen LogP contribution in [0.1, 0.15) is 30.6 Å². The zero-order valence-electron chi connectivity index (χ0n) is 12.2. The van der Waals surface area contributed by atoms with Crippen molar-refractivity contribution in [1.82, 2.24) is 0 Å². The van der Waals surface area contributed by atoms with Gasteiger partial charge in [0.15, 0.2) is 0 Å². The van der Waals surface area contributed by atoms with Crippen LogP contribution in [0.3, 0.4) is 0 Å². The Labute approximate surface area is 133 Å². The summed E-state index contributed by atoms with van der Waals surface area (Å²) < 4.78 is 12.2. The van der Waals surface area contributed by atoms with E-state index in [9.17, 15) is 5.11 Å². The number of methoxy groups -OCH3 is 1. The number of hydrogen-bond acceptors (Lipinski definition) is 3. The van der Waals surface area contributed by atoms with Gasteiger partial charge in [-0.2, -0.15) is 0 Å². The third-order valence-electron chi connectivity index (χ3n) is 3.29. The summed E-state index contributed by atoms with van der Waals surface area (Å²) >= 11 is 3.45. The van der Waals surface area contributed by atoms with E-state index in [1.165, 1.54) is 0 Å². The van der Waals surface area contributed by atoms with Gasteiger partial charge in [0.25, 0.3) is 0 Å². The lowest BCUT2D eigenvalue weighted by Crippen LogP contribution is -2.03. The molecule has 2 rings (SSSR count). The van der Waals surface area contributed by atoms with Gasteiger partial charge in [0.2, 0.25) is 0 Å². The lowest BCUT2D eigenvalue weighted by molar-refractivity contribution is 0.166. The van der Waals surface area contributed by atoms with Crippen LogP contribution in [0.15, 0.2) is 46.9 Å². The highest BCUT2D eigenvalue weighted by Crippen LogP contribution is 2.29. The first-order valence-electron chi connectivity index (χ1n) is 6.88. The molecule has 21 heavy (non-hydrogen) atoms. The lowest BCUT2D eigenvalue weighted by atomic mass is 10.1. The van der Waals surface area contributed by atoms with Crippen molar-refractivity contribution in [3.05, 3.63) is 58.1 Å². The van der Waals surface area contributed by atoms with Gasteiger partial charge in [0, 0.05) is 15.6 Å². The van der Waals surface area contributed by atoms with Crippen molar-refractivity contribution in [1.29, 1.82) is 0 Å². The minimum atomic E-state index is -0.509. The van der Waals surface area contributed by atoms with Crippen LogP contribution in [-0.2, 0) is 6.61 Å². The zero-order chi connectivity index (χ0) is 15.2. The fourth-order valence-electron chi connectivity index (χ4n) is 2.12. The summed E-state index contributed by atoms with van der Waals surface area (Å²) in [6.45, 7) is 2.33. The van der Waals surface area contributed by atoms with Crippen LogP contribution in [0.2, 0.25) is 0 Å². The largest absolute Gasteiger partial charge is 0.496 e. The first-order chi connectivity index (χ1) is 10.2. The van der Waals surface area contributed by atoms with Crippen molar-refractivity contribution in [2.75, 3.05) is 7.11 Å². The first-order valence-corrected chi connectivity index (χ1v) is 7.67. The lowest BCUT2D eigenvalue weighted by Gasteiger charge is -2.16. The third kappa shape index (κ3) is 3.99. The number of halogens is 1. The number of ether oxygens (including phenoxy) is 2. The minimum Gasteiger partial charge on any atom is -0.496 e. The van der Waals surface area contributed by atoms with Crippen molar-refractivity contribution in [3.8, 4) is 11.5 Å². The van der Waals surface area contributed by atoms with E-state index < -0.39 is 6.10 Å². The monoisotopic (exact) mass is 350 g/mol. The second kappa shape index (κ2) is 7.48. The van der Waals surface area contributed by atoms with Crippen LogP contribution in [-0.4, -0.2) is 12.2 Å². The minimum absolute atomic E-state index is 0.385. The average Bonchev–Trinajstić information content (AvgIpc) is 2.52. The molecule has 0 spiro atoms. The molecule has 1 N–H and O–H groups in total. The molecule has 3 nitrogen and oxygen atoms in total. The Morgan fingerprint density at radius 2 is 1.90 bits per heavy atom. The van der Waals surface area contributed by atoms with E-state index in [4.69, 9.17) is 9.47 Å². The van der Waals surface area contributed by atoms with E-state index >= 15 is 0 Å². The molecule has 112 valence electrons. The van der Waals surface area contributed by atoms with E-state index in [2.05, 4.69) is 15.9 Å². The van der Waals surface area contributed by atoms with Gasteiger partial charge in [-0.1, -0.05) is 41.1 Å². The van der Waals surface area contributed by atoms with Crippen molar-refractivity contribution < 1.29 is 14.6 Å². The molecule has 0 radical (unpaired) electrons. The van der Waals surface area contributed by atoms with E-state index in [-0.39, 0.29) is 0 Å². The Balaban J connectivity index is 2.19. The quantitative estimate of drug-likeness (QED) is 0.834. The predicted molar refractivity (Wildman–Crippen MR) is 86.7 cm³/mol. The molecule has 0 heterocycles. The van der Waals surface area contributed by atoms with Gasteiger partial charge in [-0.05, 0) is 30.7 Å². The number of para-hydroxylation sites is 1. The maximum Gasteiger partial charge on any atom is 0.125 e. The van der Waals surface area contributed by atoms with Gasteiger partial charge >= 0.3 is 0 Å². The van der Waals surface area contributed by atoms with Crippen LogP contribution >= 0.6 is 15.9 Å². The molecule has 0 saturated carbocycles. The standard InChI is InChI=1S/C17H19BrO3/c1-3-15(19)14-6-4-5-7-17(14)21-11-12-10-13(18)8-9-16(12)20-2/h4-10,15,19H,3,11H2,1-2H3/t15-/m0/s1. The normalized spacial score (nSPS) is 12.0. The van der Waals surface area contributed by atoms with Gasteiger partial charge in [-0.3, -0.25) is 0 Å². The van der Waals surface area contributed by atoms with Gasteiger partial charge < -0.3 is 14.6 Å². The summed E-state index contributed by atoms with van der Waals surface area (Å²) in [4.78, 5) is 0. The topological polar surface area (TPSA) is 38.7 Å². The highest BCUT2D eigenvalue weighted by molar-refractivity contribution is 9.10. The molecule has 2 aromatic carbocycles. The summed E-state index contributed by atoms with van der Waals surface area (Å²) in [5.74, 6) is 1.49. The highest BCUT2D eigenvalue weighted by atomic mass is 79.9. The second-order valence-electron chi connectivity index (χ2n) is 4.71. The molecule has 0 aliphatic heterocycles. The zero-order valence-corrected chi connectivity index (χ0v) is 13.8.